The Kier molecular flexibility index (Phi) is 10.9. The molecule has 24 heavy (non-hydrogen) atoms. The molecule has 0 saturated heterocycles. The first-order valence-electron chi connectivity index (χ1n) is 9.93. The molecular weight excluding hydrogens is 318 g/mol. The number of nitrogens with zero attached hydrogens (tertiary/aromatic N) is 2. The van der Waals surface area contributed by atoms with Crippen molar-refractivity contribution < 1.29 is 4.79 Å². The van der Waals surface area contributed by atoms with Crippen molar-refractivity contribution in [3.05, 3.63) is 0 Å². The number of nitrogens with two attached hydrogens (primary N) is 1. The highest BCUT2D eigenvalue weighted by molar-refractivity contribution is 8.27. The van der Waals surface area contributed by atoms with Crippen molar-refractivity contribution in [2.24, 2.45) is 17.6 Å². The topological polar surface area (TPSA) is 49.6 Å². The molecule has 5 heteroatoms. The first-order valence-corrected chi connectivity index (χ1v) is 11.4. The number of amides is 1. The summed E-state index contributed by atoms with van der Waals surface area (Å²) in [6.07, 6.45) is 9.78. The minimum Gasteiger partial charge on any atom is -0.322 e. The number of carbonyl (C=O) groups excluding carboxylic acids is 1. The van der Waals surface area contributed by atoms with E-state index < -0.39 is 10.5 Å². The fourth-order valence-electron chi connectivity index (χ4n) is 3.27. The normalized spacial score (nSPS) is 21.1. The molecule has 0 aromatic carbocycles. The Morgan fingerprint density at radius 3 is 2.00 bits per heavy atom. The van der Waals surface area contributed by atoms with Crippen molar-refractivity contribution in [3.63, 3.8) is 0 Å². The zero-order valence-electron chi connectivity index (χ0n) is 16.3. The predicted octanol–water partition coefficient (Wildman–Crippen LogP) is 5.02. The van der Waals surface area contributed by atoms with E-state index in [9.17, 15) is 4.79 Å². The molecule has 0 radical (unpaired) electrons. The average molecular weight is 358 g/mol. The van der Waals surface area contributed by atoms with E-state index in [0.717, 1.165) is 19.5 Å². The Morgan fingerprint density at radius 2 is 1.54 bits per heavy atom. The summed E-state index contributed by atoms with van der Waals surface area (Å²) in [6.45, 7) is 10.8. The Labute approximate surface area is 152 Å². The highest BCUT2D eigenvalue weighted by Gasteiger charge is 2.31. The molecule has 3 atom stereocenters. The molecule has 1 aliphatic rings. The van der Waals surface area contributed by atoms with E-state index in [2.05, 4.69) is 38.2 Å². The number of rotatable bonds is 13. The molecule has 2 N–H and O–H groups in total. The van der Waals surface area contributed by atoms with E-state index in [4.69, 9.17) is 5.73 Å². The monoisotopic (exact) mass is 357 g/mol. The van der Waals surface area contributed by atoms with Crippen molar-refractivity contribution in [2.45, 2.75) is 79.1 Å². The Bertz CT molecular complexity index is 400. The lowest BCUT2D eigenvalue weighted by atomic mass is 9.98. The average Bonchev–Trinajstić information content (AvgIpc) is 2.90. The van der Waals surface area contributed by atoms with Crippen LogP contribution >= 0.6 is 10.5 Å². The predicted molar refractivity (Wildman–Crippen MR) is 108 cm³/mol. The third-order valence-corrected chi connectivity index (χ3v) is 6.65. The maximum Gasteiger partial charge on any atom is 0.292 e. The molecule has 3 unspecified atom stereocenters. The van der Waals surface area contributed by atoms with Gasteiger partial charge >= 0.3 is 0 Å². The standard InChI is InChI=1S/C19H39N3OS/c1-5-9-11-17(7-3)13-21-16-24(15-20)19(23)22(21)14-18(8-4)12-10-6-2/h16-18H,5-15,20H2,1-4H3. The first-order chi connectivity index (χ1) is 11.6. The first kappa shape index (κ1) is 21.7. The maximum atomic E-state index is 12.7. The molecule has 4 nitrogen and oxygen atoms in total. The van der Waals surface area contributed by atoms with E-state index in [1.165, 1.54) is 44.9 Å². The van der Waals surface area contributed by atoms with Gasteiger partial charge in [0.15, 0.2) is 0 Å². The molecule has 0 spiro atoms. The van der Waals surface area contributed by atoms with Gasteiger partial charge in [-0.2, -0.15) is 5.01 Å². The number of carbonyl (C=O) groups is 1. The third kappa shape index (κ3) is 6.49. The second-order valence-corrected chi connectivity index (χ2v) is 8.76. The van der Waals surface area contributed by atoms with Crippen molar-refractivity contribution >= 4 is 21.2 Å². The van der Waals surface area contributed by atoms with Gasteiger partial charge in [0.25, 0.3) is 5.24 Å². The molecule has 0 bridgehead atoms. The summed E-state index contributed by atoms with van der Waals surface area (Å²) in [6, 6.07) is 0. The minimum atomic E-state index is -0.422. The van der Waals surface area contributed by atoms with Crippen LogP contribution in [0.4, 0.5) is 4.79 Å². The molecule has 0 aromatic rings. The Balaban J connectivity index is 2.76. The largest absolute Gasteiger partial charge is 0.322 e. The lowest BCUT2D eigenvalue weighted by Crippen LogP contribution is -2.44. The van der Waals surface area contributed by atoms with Crippen LogP contribution in [0.2, 0.25) is 0 Å². The Hall–Kier alpha value is -0.390. The summed E-state index contributed by atoms with van der Waals surface area (Å²) in [5.41, 5.74) is 7.96. The number of hydrogen-bond donors (Lipinski definition) is 1. The quantitative estimate of drug-likeness (QED) is 0.471. The van der Waals surface area contributed by atoms with Gasteiger partial charge in [0, 0.05) is 24.5 Å². The number of hydrogen-bond acceptors (Lipinski definition) is 3. The fourth-order valence-corrected chi connectivity index (χ4v) is 4.53. The molecule has 0 saturated carbocycles. The van der Waals surface area contributed by atoms with Gasteiger partial charge in [-0.1, -0.05) is 76.7 Å². The molecule has 1 aliphatic heterocycles. The van der Waals surface area contributed by atoms with E-state index >= 15 is 0 Å². The number of hydrazine groups is 1. The summed E-state index contributed by atoms with van der Waals surface area (Å²) in [5.74, 6) is 1.71. The molecule has 0 aromatic heterocycles. The van der Waals surface area contributed by atoms with Crippen molar-refractivity contribution in [1.29, 1.82) is 0 Å². The van der Waals surface area contributed by atoms with Crippen LogP contribution < -0.4 is 5.73 Å². The van der Waals surface area contributed by atoms with Crippen molar-refractivity contribution in [1.82, 2.24) is 10.0 Å². The molecular formula is C19H39N3OS. The fraction of sp³-hybridized carbons (Fsp3) is 0.895. The summed E-state index contributed by atoms with van der Waals surface area (Å²) < 4.78 is 0. The van der Waals surface area contributed by atoms with Crippen LogP contribution in [-0.4, -0.2) is 39.7 Å². The van der Waals surface area contributed by atoms with E-state index in [1.54, 1.807) is 0 Å². The lowest BCUT2D eigenvalue weighted by Gasteiger charge is -2.32. The third-order valence-electron chi connectivity index (χ3n) is 5.14. The second-order valence-electron chi connectivity index (χ2n) is 7.00. The van der Waals surface area contributed by atoms with Crippen LogP contribution in [0.3, 0.4) is 0 Å². The van der Waals surface area contributed by atoms with E-state index in [1.807, 2.05) is 5.01 Å². The van der Waals surface area contributed by atoms with Crippen LogP contribution in [0.5, 0.6) is 0 Å². The SMILES string of the molecule is CCCCC(CC)CN1C=S(CN)C(=O)N1CC(CC)CCCC. The maximum absolute atomic E-state index is 12.7. The highest BCUT2D eigenvalue weighted by atomic mass is 32.2. The zero-order valence-corrected chi connectivity index (χ0v) is 17.1. The summed E-state index contributed by atoms with van der Waals surface area (Å²) in [7, 11) is -0.422. The van der Waals surface area contributed by atoms with Gasteiger partial charge in [0.1, 0.15) is 0 Å². The van der Waals surface area contributed by atoms with Crippen LogP contribution in [-0.2, 0) is 0 Å². The number of unbranched alkanes of at least 4 members (excludes halogenated alkanes) is 2. The summed E-state index contributed by atoms with van der Waals surface area (Å²) >= 11 is 0. The van der Waals surface area contributed by atoms with E-state index in [-0.39, 0.29) is 5.24 Å². The molecule has 1 heterocycles. The van der Waals surface area contributed by atoms with Gasteiger partial charge in [-0.3, -0.25) is 9.80 Å². The van der Waals surface area contributed by atoms with Crippen LogP contribution in [0.1, 0.15) is 79.1 Å². The molecule has 0 fully saturated rings. The summed E-state index contributed by atoms with van der Waals surface area (Å²) in [4.78, 5) is 12.7. The Morgan fingerprint density at radius 1 is 1.00 bits per heavy atom. The second kappa shape index (κ2) is 12.0. The molecule has 1 amide bonds. The van der Waals surface area contributed by atoms with Crippen molar-refractivity contribution in [3.8, 4) is 0 Å². The van der Waals surface area contributed by atoms with Gasteiger partial charge in [-0.25, -0.2) is 0 Å². The van der Waals surface area contributed by atoms with Gasteiger partial charge in [-0.05, 0) is 24.7 Å². The van der Waals surface area contributed by atoms with Gasteiger partial charge in [0.05, 0.1) is 0 Å². The zero-order chi connectivity index (χ0) is 17.9. The molecule has 0 aliphatic carbocycles. The van der Waals surface area contributed by atoms with Gasteiger partial charge in [0.2, 0.25) is 0 Å². The van der Waals surface area contributed by atoms with Crippen LogP contribution in [0.15, 0.2) is 0 Å². The minimum absolute atomic E-state index is 0.234. The van der Waals surface area contributed by atoms with E-state index in [0.29, 0.717) is 17.7 Å². The smallest absolute Gasteiger partial charge is 0.292 e. The van der Waals surface area contributed by atoms with Gasteiger partial charge < -0.3 is 5.73 Å². The lowest BCUT2D eigenvalue weighted by molar-refractivity contribution is 0.0715. The summed E-state index contributed by atoms with van der Waals surface area (Å²) in [5, 5.41) is 4.48. The highest BCUT2D eigenvalue weighted by Crippen LogP contribution is 2.29. The van der Waals surface area contributed by atoms with Crippen LogP contribution in [0.25, 0.3) is 0 Å². The van der Waals surface area contributed by atoms with Crippen LogP contribution in [0, 0.1) is 11.8 Å². The van der Waals surface area contributed by atoms with Gasteiger partial charge in [-0.15, -0.1) is 0 Å². The van der Waals surface area contributed by atoms with Crippen molar-refractivity contribution in [2.75, 3.05) is 19.0 Å². The molecule has 142 valence electrons. The molecule has 1 rings (SSSR count).